The van der Waals surface area contributed by atoms with Crippen LogP contribution in [0.5, 0.6) is 5.75 Å². The Balaban J connectivity index is 1.52. The summed E-state index contributed by atoms with van der Waals surface area (Å²) in [6.07, 6.45) is 0. The molecule has 0 fully saturated rings. The summed E-state index contributed by atoms with van der Waals surface area (Å²) in [6, 6.07) is 16.7. The van der Waals surface area contributed by atoms with Gasteiger partial charge in [-0.1, -0.05) is 55.8 Å². The summed E-state index contributed by atoms with van der Waals surface area (Å²) < 4.78 is 11.0. The van der Waals surface area contributed by atoms with Crippen molar-refractivity contribution in [3.05, 3.63) is 71.5 Å². The standard InChI is InChI=1S/C22H25N3O3/c1-15-6-5-7-16(12-15)14-27-18-10-8-17(9-11-18)23-21(26)24-20-13-19(28-25-20)22(2,3)4/h5-13H,14H2,1-4H3,(H2,23,24,25,26). The van der Waals surface area contributed by atoms with Crippen molar-refractivity contribution >= 4 is 17.5 Å². The summed E-state index contributed by atoms with van der Waals surface area (Å²) in [5, 5.41) is 9.29. The Hall–Kier alpha value is -3.28. The van der Waals surface area contributed by atoms with E-state index >= 15 is 0 Å². The predicted octanol–water partition coefficient (Wildman–Crippen LogP) is 5.50. The molecule has 2 amide bonds. The molecule has 1 aromatic heterocycles. The van der Waals surface area contributed by atoms with Gasteiger partial charge in [-0.05, 0) is 36.8 Å². The van der Waals surface area contributed by atoms with Crippen LogP contribution in [0.1, 0.15) is 37.7 Å². The van der Waals surface area contributed by atoms with Crippen molar-refractivity contribution in [3.8, 4) is 5.75 Å². The van der Waals surface area contributed by atoms with Crippen LogP contribution in [0, 0.1) is 6.92 Å². The monoisotopic (exact) mass is 379 g/mol. The van der Waals surface area contributed by atoms with Crippen molar-refractivity contribution in [2.45, 2.75) is 39.7 Å². The van der Waals surface area contributed by atoms with Crippen LogP contribution in [0.15, 0.2) is 59.1 Å². The minimum Gasteiger partial charge on any atom is -0.489 e. The van der Waals surface area contributed by atoms with E-state index in [-0.39, 0.29) is 11.4 Å². The van der Waals surface area contributed by atoms with Crippen LogP contribution in [0.2, 0.25) is 0 Å². The Bertz CT molecular complexity index is 940. The van der Waals surface area contributed by atoms with Crippen LogP contribution in [-0.2, 0) is 12.0 Å². The second-order valence-corrected chi connectivity index (χ2v) is 7.71. The van der Waals surface area contributed by atoms with E-state index in [1.165, 1.54) is 5.56 Å². The normalized spacial score (nSPS) is 11.1. The van der Waals surface area contributed by atoms with Crippen molar-refractivity contribution < 1.29 is 14.1 Å². The third kappa shape index (κ3) is 5.36. The number of rotatable bonds is 5. The van der Waals surface area contributed by atoms with Gasteiger partial charge in [-0.25, -0.2) is 4.79 Å². The van der Waals surface area contributed by atoms with Crippen LogP contribution in [0.4, 0.5) is 16.3 Å². The highest BCUT2D eigenvalue weighted by Crippen LogP contribution is 2.24. The third-order valence-corrected chi connectivity index (χ3v) is 4.09. The van der Waals surface area contributed by atoms with Gasteiger partial charge in [0.2, 0.25) is 0 Å². The molecule has 0 bridgehead atoms. The number of nitrogens with zero attached hydrogens (tertiary/aromatic N) is 1. The van der Waals surface area contributed by atoms with Crippen molar-refractivity contribution in [1.82, 2.24) is 5.16 Å². The molecule has 1 heterocycles. The fourth-order valence-corrected chi connectivity index (χ4v) is 2.57. The average molecular weight is 379 g/mol. The lowest BCUT2D eigenvalue weighted by Gasteiger charge is -2.12. The first-order valence-corrected chi connectivity index (χ1v) is 9.13. The molecule has 28 heavy (non-hydrogen) atoms. The number of carbonyl (C=O) groups excluding carboxylic acids is 1. The molecule has 0 unspecified atom stereocenters. The number of ether oxygens (including phenoxy) is 1. The Morgan fingerprint density at radius 2 is 1.82 bits per heavy atom. The molecule has 0 spiro atoms. The molecule has 0 radical (unpaired) electrons. The van der Waals surface area contributed by atoms with Gasteiger partial charge in [-0.3, -0.25) is 5.32 Å². The summed E-state index contributed by atoms with van der Waals surface area (Å²) in [5.74, 6) is 1.82. The molecular weight excluding hydrogens is 354 g/mol. The van der Waals surface area contributed by atoms with Crippen molar-refractivity contribution in [1.29, 1.82) is 0 Å². The molecule has 146 valence electrons. The minimum absolute atomic E-state index is 0.169. The Labute approximate surface area is 164 Å². The van der Waals surface area contributed by atoms with Gasteiger partial charge < -0.3 is 14.6 Å². The summed E-state index contributed by atoms with van der Waals surface area (Å²) in [4.78, 5) is 12.1. The molecule has 0 saturated heterocycles. The smallest absolute Gasteiger partial charge is 0.324 e. The topological polar surface area (TPSA) is 76.4 Å². The molecule has 2 aromatic carbocycles. The van der Waals surface area contributed by atoms with Crippen LogP contribution in [0.25, 0.3) is 0 Å². The number of aryl methyl sites for hydroxylation is 1. The van der Waals surface area contributed by atoms with Gasteiger partial charge in [0, 0.05) is 17.2 Å². The molecule has 0 aliphatic heterocycles. The quantitative estimate of drug-likeness (QED) is 0.613. The van der Waals surface area contributed by atoms with Gasteiger partial charge in [0.1, 0.15) is 18.1 Å². The number of benzene rings is 2. The zero-order chi connectivity index (χ0) is 20.1. The molecule has 0 atom stereocenters. The maximum atomic E-state index is 12.1. The number of anilines is 2. The van der Waals surface area contributed by atoms with E-state index in [1.54, 1.807) is 18.2 Å². The van der Waals surface area contributed by atoms with Gasteiger partial charge in [-0.15, -0.1) is 0 Å². The van der Waals surface area contributed by atoms with Gasteiger partial charge >= 0.3 is 6.03 Å². The molecule has 0 aliphatic rings. The van der Waals surface area contributed by atoms with Crippen LogP contribution < -0.4 is 15.4 Å². The first kappa shape index (κ1) is 19.5. The van der Waals surface area contributed by atoms with Crippen molar-refractivity contribution in [2.75, 3.05) is 10.6 Å². The van der Waals surface area contributed by atoms with E-state index in [0.29, 0.717) is 23.9 Å². The highest BCUT2D eigenvalue weighted by molar-refractivity contribution is 5.99. The van der Waals surface area contributed by atoms with Gasteiger partial charge in [0.25, 0.3) is 0 Å². The first-order valence-electron chi connectivity index (χ1n) is 9.13. The molecule has 0 aliphatic carbocycles. The molecule has 3 aromatic rings. The number of amides is 2. The number of nitrogens with one attached hydrogen (secondary N) is 2. The number of urea groups is 1. The van der Waals surface area contributed by atoms with E-state index in [2.05, 4.69) is 34.8 Å². The Morgan fingerprint density at radius 3 is 2.46 bits per heavy atom. The molecule has 2 N–H and O–H groups in total. The average Bonchev–Trinajstić information content (AvgIpc) is 3.10. The zero-order valence-corrected chi connectivity index (χ0v) is 16.6. The second-order valence-electron chi connectivity index (χ2n) is 7.71. The third-order valence-electron chi connectivity index (χ3n) is 4.09. The van der Waals surface area contributed by atoms with Gasteiger partial charge in [0.05, 0.1) is 0 Å². The minimum atomic E-state index is -0.387. The van der Waals surface area contributed by atoms with Gasteiger partial charge in [-0.2, -0.15) is 0 Å². The van der Waals surface area contributed by atoms with Gasteiger partial charge in [0.15, 0.2) is 5.82 Å². The van der Waals surface area contributed by atoms with E-state index < -0.39 is 0 Å². The number of hydrogen-bond donors (Lipinski definition) is 2. The molecule has 6 nitrogen and oxygen atoms in total. The maximum Gasteiger partial charge on any atom is 0.324 e. The molecule has 6 heteroatoms. The fourth-order valence-electron chi connectivity index (χ4n) is 2.57. The number of hydrogen-bond acceptors (Lipinski definition) is 4. The molecular formula is C22H25N3O3. The van der Waals surface area contributed by atoms with Crippen LogP contribution in [-0.4, -0.2) is 11.2 Å². The lowest BCUT2D eigenvalue weighted by Crippen LogP contribution is -2.19. The molecule has 3 rings (SSSR count). The van der Waals surface area contributed by atoms with Crippen LogP contribution in [0.3, 0.4) is 0 Å². The van der Waals surface area contributed by atoms with Crippen LogP contribution >= 0.6 is 0 Å². The van der Waals surface area contributed by atoms with E-state index in [1.807, 2.05) is 45.0 Å². The summed E-state index contributed by atoms with van der Waals surface area (Å²) in [6.45, 7) is 8.59. The predicted molar refractivity (Wildman–Crippen MR) is 110 cm³/mol. The number of aromatic nitrogens is 1. The van der Waals surface area contributed by atoms with Crippen molar-refractivity contribution in [3.63, 3.8) is 0 Å². The summed E-state index contributed by atoms with van der Waals surface area (Å²) >= 11 is 0. The van der Waals surface area contributed by atoms with E-state index in [0.717, 1.165) is 11.3 Å². The van der Waals surface area contributed by atoms with E-state index in [4.69, 9.17) is 9.26 Å². The number of carbonyl (C=O) groups is 1. The van der Waals surface area contributed by atoms with E-state index in [9.17, 15) is 4.79 Å². The highest BCUT2D eigenvalue weighted by atomic mass is 16.5. The first-order chi connectivity index (χ1) is 13.3. The fraction of sp³-hybridized carbons (Fsp3) is 0.273. The summed E-state index contributed by atoms with van der Waals surface area (Å²) in [7, 11) is 0. The Kier molecular flexibility index (Phi) is 5.68. The Morgan fingerprint density at radius 1 is 1.07 bits per heavy atom. The second kappa shape index (κ2) is 8.17. The lowest BCUT2D eigenvalue weighted by atomic mass is 9.93. The lowest BCUT2D eigenvalue weighted by molar-refractivity contribution is 0.262. The maximum absolute atomic E-state index is 12.1. The zero-order valence-electron chi connectivity index (χ0n) is 16.6. The highest BCUT2D eigenvalue weighted by Gasteiger charge is 2.20. The summed E-state index contributed by atoms with van der Waals surface area (Å²) in [5.41, 5.74) is 2.80. The SMILES string of the molecule is Cc1cccc(COc2ccc(NC(=O)Nc3cc(C(C)(C)C)on3)cc2)c1. The van der Waals surface area contributed by atoms with Crippen molar-refractivity contribution in [2.24, 2.45) is 0 Å². The largest absolute Gasteiger partial charge is 0.489 e. The molecule has 0 saturated carbocycles.